The lowest BCUT2D eigenvalue weighted by molar-refractivity contribution is -0.195. The predicted octanol–water partition coefficient (Wildman–Crippen LogP) is 5.17. The number of benzene rings is 1. The lowest BCUT2D eigenvalue weighted by Gasteiger charge is -2.43. The fourth-order valence-corrected chi connectivity index (χ4v) is 6.05. The number of rotatable bonds is 5. The van der Waals surface area contributed by atoms with Crippen LogP contribution in [0.4, 0.5) is 0 Å². The van der Waals surface area contributed by atoms with Gasteiger partial charge in [-0.1, -0.05) is 50.3 Å². The van der Waals surface area contributed by atoms with Crippen LogP contribution < -0.4 is 0 Å². The van der Waals surface area contributed by atoms with Crippen LogP contribution in [0.1, 0.15) is 78.6 Å². The number of carbonyl (C=O) groups excluding carboxylic acids is 5. The van der Waals surface area contributed by atoms with Gasteiger partial charge in [0.05, 0.1) is 11.5 Å². The summed E-state index contributed by atoms with van der Waals surface area (Å²) in [6.45, 7) is 12.8. The largest absolute Gasteiger partial charge is 0.458 e. The number of carbonyl (C=O) groups is 5. The molecule has 0 spiro atoms. The smallest absolute Gasteiger partial charge is 0.338 e. The topological polar surface area (TPSA) is 122 Å². The van der Waals surface area contributed by atoms with Gasteiger partial charge in [-0.25, -0.2) is 4.79 Å². The summed E-state index contributed by atoms with van der Waals surface area (Å²) in [5, 5.41) is 0. The van der Waals surface area contributed by atoms with Gasteiger partial charge in [-0.05, 0) is 50.8 Å². The minimum atomic E-state index is -1.45. The van der Waals surface area contributed by atoms with Crippen LogP contribution in [0.2, 0.25) is 0 Å². The fourth-order valence-electron chi connectivity index (χ4n) is 6.05. The highest BCUT2D eigenvalue weighted by Gasteiger charge is 2.62. The van der Waals surface area contributed by atoms with Crippen LogP contribution in [0.15, 0.2) is 54.1 Å². The Kier molecular flexibility index (Phi) is 10.2. The second-order valence-electron chi connectivity index (χ2n) is 12.1. The first kappa shape index (κ1) is 32.8. The van der Waals surface area contributed by atoms with Crippen LogP contribution in [0.5, 0.6) is 0 Å². The van der Waals surface area contributed by atoms with Crippen LogP contribution in [-0.4, -0.2) is 53.6 Å². The van der Waals surface area contributed by atoms with E-state index in [1.807, 2.05) is 13.8 Å². The third kappa shape index (κ3) is 7.36. The molecule has 1 saturated carbocycles. The molecule has 0 heterocycles. The first-order chi connectivity index (χ1) is 19.6. The summed E-state index contributed by atoms with van der Waals surface area (Å²) < 4.78 is 23.8. The van der Waals surface area contributed by atoms with Gasteiger partial charge in [0, 0.05) is 38.5 Å². The van der Waals surface area contributed by atoms with Gasteiger partial charge in [0.15, 0.2) is 5.60 Å². The van der Waals surface area contributed by atoms with Gasteiger partial charge in [0.1, 0.15) is 24.1 Å². The molecule has 0 radical (unpaired) electrons. The molecule has 1 aromatic carbocycles. The summed E-state index contributed by atoms with van der Waals surface area (Å²) in [6, 6.07) is 8.52. The SMILES string of the molecule is CC(=O)O[C@@H]1[C@H](C)C=CC(C)(C)C(=O)C[C@@H](OC(C)=O)C(C)=C[C@H]2[C@@H](OC(=O)c3ccccc3)[C@H](C)C[C@]12OC(C)=O. The van der Waals surface area contributed by atoms with Gasteiger partial charge in [-0.2, -0.15) is 0 Å². The average molecular weight is 583 g/mol. The number of Topliss-reactive ketones (excluding diaryl/α,β-unsaturated/α-hetero) is 1. The molecule has 7 atom stereocenters. The normalized spacial score (nSPS) is 31.0. The summed E-state index contributed by atoms with van der Waals surface area (Å²) in [4.78, 5) is 64.0. The van der Waals surface area contributed by atoms with Crippen LogP contribution in [0, 0.1) is 23.2 Å². The molecule has 0 amide bonds. The van der Waals surface area contributed by atoms with Gasteiger partial charge < -0.3 is 18.9 Å². The molecule has 0 N–H and O–H groups in total. The predicted molar refractivity (Wildman–Crippen MR) is 154 cm³/mol. The molecule has 42 heavy (non-hydrogen) atoms. The highest BCUT2D eigenvalue weighted by Crippen LogP contribution is 2.51. The highest BCUT2D eigenvalue weighted by molar-refractivity contribution is 5.89. The third-order valence-electron chi connectivity index (χ3n) is 8.12. The molecule has 9 nitrogen and oxygen atoms in total. The van der Waals surface area contributed by atoms with E-state index in [1.165, 1.54) is 20.8 Å². The van der Waals surface area contributed by atoms with E-state index < -0.39 is 65.0 Å². The molecule has 0 unspecified atom stereocenters. The van der Waals surface area contributed by atoms with E-state index in [9.17, 15) is 24.0 Å². The lowest BCUT2D eigenvalue weighted by Crippen LogP contribution is -2.55. The minimum Gasteiger partial charge on any atom is -0.458 e. The van der Waals surface area contributed by atoms with Gasteiger partial charge in [-0.15, -0.1) is 0 Å². The molecule has 0 aromatic heterocycles. The molecule has 228 valence electrons. The van der Waals surface area contributed by atoms with Crippen molar-refractivity contribution in [3.63, 3.8) is 0 Å². The molecule has 2 aliphatic carbocycles. The Labute approximate surface area is 247 Å². The van der Waals surface area contributed by atoms with Gasteiger partial charge >= 0.3 is 23.9 Å². The van der Waals surface area contributed by atoms with Gasteiger partial charge in [0.2, 0.25) is 0 Å². The average Bonchev–Trinajstić information content (AvgIpc) is 3.14. The van der Waals surface area contributed by atoms with Crippen molar-refractivity contribution >= 4 is 29.7 Å². The number of ketones is 1. The van der Waals surface area contributed by atoms with Crippen molar-refractivity contribution in [1.29, 1.82) is 0 Å². The Morgan fingerprint density at radius 3 is 2.07 bits per heavy atom. The third-order valence-corrected chi connectivity index (χ3v) is 8.12. The Hall–Kier alpha value is -3.75. The molecule has 9 heteroatoms. The Morgan fingerprint density at radius 1 is 0.881 bits per heavy atom. The van der Waals surface area contributed by atoms with Crippen LogP contribution >= 0.6 is 0 Å². The summed E-state index contributed by atoms with van der Waals surface area (Å²) in [7, 11) is 0. The second kappa shape index (κ2) is 13.0. The molecule has 0 aliphatic heterocycles. The van der Waals surface area contributed by atoms with Crippen LogP contribution in [0.3, 0.4) is 0 Å². The standard InChI is InChI=1S/C33H42O9/c1-19-14-15-32(7,8)28(37)17-27(39-22(4)34)20(2)16-26-29(41-31(38)25-12-10-9-11-13-25)21(3)18-33(26,42-24(6)36)30(19)40-23(5)35/h9-16,19,21,26-27,29-30H,17-18H2,1-8H3/t19-,21-,26+,27-,29+,30-,33-/m1/s1. The summed E-state index contributed by atoms with van der Waals surface area (Å²) >= 11 is 0. The molecular weight excluding hydrogens is 540 g/mol. The van der Waals surface area contributed by atoms with E-state index in [1.54, 1.807) is 69.3 Å². The maximum atomic E-state index is 13.4. The molecule has 0 bridgehead atoms. The molecule has 0 saturated heterocycles. The van der Waals surface area contributed by atoms with E-state index in [0.29, 0.717) is 11.1 Å². The highest BCUT2D eigenvalue weighted by atomic mass is 16.6. The van der Waals surface area contributed by atoms with Crippen molar-refractivity contribution in [3.8, 4) is 0 Å². The fraction of sp³-hybridized carbons (Fsp3) is 0.545. The van der Waals surface area contributed by atoms with Crippen molar-refractivity contribution in [3.05, 3.63) is 59.7 Å². The number of esters is 4. The van der Waals surface area contributed by atoms with E-state index in [2.05, 4.69) is 0 Å². The zero-order valence-electron chi connectivity index (χ0n) is 25.7. The lowest BCUT2D eigenvalue weighted by atomic mass is 9.75. The van der Waals surface area contributed by atoms with Crippen molar-refractivity contribution in [2.24, 2.45) is 23.2 Å². The van der Waals surface area contributed by atoms with Crippen molar-refractivity contribution < 1.29 is 42.9 Å². The molecule has 1 fully saturated rings. The molecular formula is C33H42O9. The van der Waals surface area contributed by atoms with Crippen LogP contribution in [0.25, 0.3) is 0 Å². The van der Waals surface area contributed by atoms with Crippen LogP contribution in [-0.2, 0) is 38.1 Å². The van der Waals surface area contributed by atoms with E-state index >= 15 is 0 Å². The zero-order chi connectivity index (χ0) is 31.4. The Balaban J connectivity index is 2.29. The van der Waals surface area contributed by atoms with E-state index in [4.69, 9.17) is 18.9 Å². The monoisotopic (exact) mass is 582 g/mol. The first-order valence-corrected chi connectivity index (χ1v) is 14.3. The van der Waals surface area contributed by atoms with E-state index in [-0.39, 0.29) is 24.5 Å². The molecule has 1 aromatic rings. The summed E-state index contributed by atoms with van der Waals surface area (Å²) in [5.74, 6) is -4.12. The maximum absolute atomic E-state index is 13.4. The van der Waals surface area contributed by atoms with Crippen molar-refractivity contribution in [1.82, 2.24) is 0 Å². The van der Waals surface area contributed by atoms with Crippen molar-refractivity contribution in [2.75, 3.05) is 0 Å². The second-order valence-corrected chi connectivity index (χ2v) is 12.1. The number of allylic oxidation sites excluding steroid dienone is 1. The number of hydrogen-bond donors (Lipinski definition) is 0. The minimum absolute atomic E-state index is 0.0850. The van der Waals surface area contributed by atoms with E-state index in [0.717, 1.165) is 0 Å². The zero-order valence-corrected chi connectivity index (χ0v) is 25.7. The molecule has 3 rings (SSSR count). The first-order valence-electron chi connectivity index (χ1n) is 14.3. The number of hydrogen-bond acceptors (Lipinski definition) is 9. The Bertz CT molecular complexity index is 1260. The summed E-state index contributed by atoms with van der Waals surface area (Å²) in [6.07, 6.45) is 2.67. The maximum Gasteiger partial charge on any atom is 0.338 e. The number of ether oxygens (including phenoxy) is 4. The molecule has 2 aliphatic rings. The quantitative estimate of drug-likeness (QED) is 0.263. The Morgan fingerprint density at radius 2 is 1.50 bits per heavy atom. The number of fused-ring (bicyclic) bond motifs is 1. The van der Waals surface area contributed by atoms with Gasteiger partial charge in [0.25, 0.3) is 0 Å². The summed E-state index contributed by atoms with van der Waals surface area (Å²) in [5.41, 5.74) is -1.51. The van der Waals surface area contributed by atoms with Gasteiger partial charge in [-0.3, -0.25) is 19.2 Å². The van der Waals surface area contributed by atoms with Crippen molar-refractivity contribution in [2.45, 2.75) is 92.1 Å².